The number of hydrogen-bond acceptors (Lipinski definition) is 13. The smallest absolute Gasteiger partial charge is 0.294 e. The van der Waals surface area contributed by atoms with E-state index < -0.39 is 55.0 Å². The SMILES string of the molecule is O=[N+]([O-])OCC(CO[N+](=O)[O-])(CO[N+](=O)[O-])CS(=O)(=S)OO. The van der Waals surface area contributed by atoms with Crippen LogP contribution in [0.25, 0.3) is 0 Å². The molecule has 1 N–H and O–H groups in total. The Balaban J connectivity index is 5.39. The lowest BCUT2D eigenvalue weighted by Crippen LogP contribution is -2.44. The van der Waals surface area contributed by atoms with Gasteiger partial charge in [-0.05, 0) is 0 Å². The summed E-state index contributed by atoms with van der Waals surface area (Å²) in [7, 11) is -3.94. The maximum atomic E-state index is 11.6. The van der Waals surface area contributed by atoms with Gasteiger partial charge in [0.25, 0.3) is 15.3 Å². The Morgan fingerprint density at radius 2 is 1.27 bits per heavy atom. The Labute approximate surface area is 125 Å². The molecule has 1 unspecified atom stereocenters. The van der Waals surface area contributed by atoms with E-state index in [-0.39, 0.29) is 0 Å². The zero-order chi connectivity index (χ0) is 17.4. The van der Waals surface area contributed by atoms with E-state index in [0.29, 0.717) is 0 Å². The van der Waals surface area contributed by atoms with Gasteiger partial charge in [0.15, 0.2) is 8.77 Å². The molecule has 0 rings (SSSR count). The molecule has 0 saturated heterocycles. The molecule has 0 bridgehead atoms. The molecule has 0 aliphatic carbocycles. The van der Waals surface area contributed by atoms with Crippen LogP contribution in [-0.4, -0.2) is 50.3 Å². The van der Waals surface area contributed by atoms with Crippen molar-refractivity contribution in [2.75, 3.05) is 25.6 Å². The minimum Gasteiger partial charge on any atom is -0.313 e. The Bertz CT molecular complexity index is 473. The van der Waals surface area contributed by atoms with E-state index in [0.717, 1.165) is 0 Å². The van der Waals surface area contributed by atoms with Crippen molar-refractivity contribution in [3.05, 3.63) is 30.3 Å². The summed E-state index contributed by atoms with van der Waals surface area (Å²) in [5.41, 5.74) is -2.07. The molecule has 22 heavy (non-hydrogen) atoms. The Morgan fingerprint density at radius 1 is 0.955 bits per heavy atom. The number of hydrogen-bond donors (Lipinski definition) is 1. The molecule has 0 aliphatic rings. The molecule has 17 heteroatoms. The second kappa shape index (κ2) is 8.36. The van der Waals surface area contributed by atoms with Gasteiger partial charge in [-0.15, -0.1) is 34.7 Å². The molecule has 1 atom stereocenters. The highest BCUT2D eigenvalue weighted by Gasteiger charge is 2.39. The van der Waals surface area contributed by atoms with Crippen molar-refractivity contribution in [1.29, 1.82) is 0 Å². The van der Waals surface area contributed by atoms with Crippen molar-refractivity contribution >= 4 is 20.0 Å². The maximum Gasteiger partial charge on any atom is 0.294 e. The van der Waals surface area contributed by atoms with E-state index in [4.69, 9.17) is 5.26 Å². The number of nitrogens with zero attached hydrogens (tertiary/aromatic N) is 3. The highest BCUT2D eigenvalue weighted by atomic mass is 32.8. The van der Waals surface area contributed by atoms with Crippen LogP contribution in [0.1, 0.15) is 0 Å². The summed E-state index contributed by atoms with van der Waals surface area (Å²) in [5.74, 6) is -0.999. The van der Waals surface area contributed by atoms with Crippen LogP contribution in [0.3, 0.4) is 0 Å². The quantitative estimate of drug-likeness (QED) is 0.243. The molecule has 0 radical (unpaired) electrons. The lowest BCUT2D eigenvalue weighted by Gasteiger charge is -2.29. The predicted octanol–water partition coefficient (Wildman–Crippen LogP) is -1.25. The van der Waals surface area contributed by atoms with Gasteiger partial charge in [-0.25, -0.2) is 9.47 Å². The molecule has 0 saturated carbocycles. The molecular weight excluding hydrogens is 358 g/mol. The molecule has 0 spiro atoms. The van der Waals surface area contributed by atoms with Crippen LogP contribution in [0.4, 0.5) is 0 Å². The van der Waals surface area contributed by atoms with E-state index in [1.165, 1.54) is 0 Å². The van der Waals surface area contributed by atoms with Gasteiger partial charge in [-0.3, -0.25) is 0 Å². The van der Waals surface area contributed by atoms with Crippen molar-refractivity contribution in [2.45, 2.75) is 0 Å². The fourth-order valence-corrected chi connectivity index (χ4v) is 3.02. The first kappa shape index (κ1) is 19.9. The molecule has 15 nitrogen and oxygen atoms in total. The Morgan fingerprint density at radius 3 is 1.50 bits per heavy atom. The highest BCUT2D eigenvalue weighted by Crippen LogP contribution is 2.23. The molecular formula is C5H9N3O12S2. The second-order valence-electron chi connectivity index (χ2n) is 3.77. The van der Waals surface area contributed by atoms with Crippen molar-refractivity contribution in [3.63, 3.8) is 0 Å². The van der Waals surface area contributed by atoms with Gasteiger partial charge in [0.05, 0.1) is 11.2 Å². The highest BCUT2D eigenvalue weighted by molar-refractivity contribution is 8.30. The second-order valence-corrected chi connectivity index (χ2v) is 6.84. The fraction of sp³-hybridized carbons (Fsp3) is 1.00. The van der Waals surface area contributed by atoms with Gasteiger partial charge in [0.1, 0.15) is 19.8 Å². The van der Waals surface area contributed by atoms with Crippen LogP contribution in [0, 0.1) is 35.8 Å². The molecule has 0 aliphatic heterocycles. The van der Waals surface area contributed by atoms with Crippen molar-refractivity contribution in [3.8, 4) is 0 Å². The third kappa shape index (κ3) is 8.24. The molecule has 0 aromatic rings. The van der Waals surface area contributed by atoms with Crippen molar-refractivity contribution in [2.24, 2.45) is 5.41 Å². The maximum absolute atomic E-state index is 11.6. The average molecular weight is 367 g/mol. The molecule has 0 amide bonds. The van der Waals surface area contributed by atoms with Crippen molar-refractivity contribution < 1.29 is 43.6 Å². The summed E-state index contributed by atoms with van der Waals surface area (Å²) >= 11 is 4.31. The molecule has 0 aromatic carbocycles. The summed E-state index contributed by atoms with van der Waals surface area (Å²) < 4.78 is 15.1. The molecule has 0 aromatic heterocycles. The van der Waals surface area contributed by atoms with Crippen molar-refractivity contribution in [1.82, 2.24) is 0 Å². The van der Waals surface area contributed by atoms with E-state index in [1.54, 1.807) is 0 Å². The van der Waals surface area contributed by atoms with Gasteiger partial charge in [0, 0.05) is 11.2 Å². The number of rotatable bonds is 12. The normalized spacial score (nSPS) is 13.7. The lowest BCUT2D eigenvalue weighted by atomic mass is 9.94. The predicted molar refractivity (Wildman–Crippen MR) is 65.4 cm³/mol. The van der Waals surface area contributed by atoms with Crippen LogP contribution < -0.4 is 0 Å². The average Bonchev–Trinajstić information content (AvgIpc) is 2.40. The summed E-state index contributed by atoms with van der Waals surface area (Å²) in [4.78, 5) is 42.6. The van der Waals surface area contributed by atoms with E-state index in [2.05, 4.69) is 30.0 Å². The van der Waals surface area contributed by atoms with E-state index >= 15 is 0 Å². The topological polar surface area (TPSA) is 204 Å². The monoisotopic (exact) mass is 367 g/mol. The van der Waals surface area contributed by atoms with Gasteiger partial charge in [-0.2, -0.15) is 0 Å². The summed E-state index contributed by atoms with van der Waals surface area (Å²) in [6, 6.07) is 0. The van der Waals surface area contributed by atoms with Gasteiger partial charge in [0.2, 0.25) is 0 Å². The van der Waals surface area contributed by atoms with E-state index in [9.17, 15) is 34.6 Å². The summed E-state index contributed by atoms with van der Waals surface area (Å²) in [6.07, 6.45) is 0. The standard InChI is InChI=1S/C5H9N3O12S2/c9-6(10)17-1-5(2-18-7(11)12,3-19-8(13)14)4-22(16,21)20-15/h15H,1-4H2. The van der Waals surface area contributed by atoms with Gasteiger partial charge >= 0.3 is 0 Å². The van der Waals surface area contributed by atoms with Gasteiger partial charge < -0.3 is 14.5 Å². The Kier molecular flexibility index (Phi) is 7.56. The molecule has 128 valence electrons. The molecule has 0 heterocycles. The fourth-order valence-electron chi connectivity index (χ4n) is 1.22. The Hall–Kier alpha value is -2.11. The zero-order valence-corrected chi connectivity index (χ0v) is 12.1. The van der Waals surface area contributed by atoms with Crippen LogP contribution in [0.5, 0.6) is 0 Å². The zero-order valence-electron chi connectivity index (χ0n) is 10.4. The van der Waals surface area contributed by atoms with Crippen LogP contribution in [0.2, 0.25) is 0 Å². The third-order valence-corrected chi connectivity index (χ3v) is 3.75. The van der Waals surface area contributed by atoms with Crippen LogP contribution in [-0.2, 0) is 38.8 Å². The third-order valence-electron chi connectivity index (χ3n) is 2.02. The first-order valence-corrected chi connectivity index (χ1v) is 7.47. The minimum atomic E-state index is -3.94. The summed E-state index contributed by atoms with van der Waals surface area (Å²) in [6.45, 7) is -3.17. The first-order chi connectivity index (χ1) is 10.0. The minimum absolute atomic E-state index is 0.999. The largest absolute Gasteiger partial charge is 0.313 e. The van der Waals surface area contributed by atoms with Crippen LogP contribution in [0.15, 0.2) is 0 Å². The molecule has 0 fully saturated rings. The van der Waals surface area contributed by atoms with Gasteiger partial charge in [-0.1, -0.05) is 0 Å². The lowest BCUT2D eigenvalue weighted by molar-refractivity contribution is -0.781. The van der Waals surface area contributed by atoms with Crippen LogP contribution >= 0.6 is 0 Å². The van der Waals surface area contributed by atoms with E-state index in [1.807, 2.05) is 0 Å². The summed E-state index contributed by atoms with van der Waals surface area (Å²) in [5, 5.41) is 35.1. The first-order valence-electron chi connectivity index (χ1n) is 4.89.